The van der Waals surface area contributed by atoms with E-state index in [0.717, 1.165) is 27.9 Å². The largest absolute Gasteiger partial charge is 0.436 e. The van der Waals surface area contributed by atoms with Gasteiger partial charge < -0.3 is 15.1 Å². The van der Waals surface area contributed by atoms with E-state index in [2.05, 4.69) is 33.1 Å². The third kappa shape index (κ3) is 2.80. The lowest BCUT2D eigenvalue weighted by Gasteiger charge is -2.14. The van der Waals surface area contributed by atoms with Crippen molar-refractivity contribution in [1.29, 1.82) is 0 Å². The molecule has 0 saturated carbocycles. The number of oxazole rings is 1. The minimum atomic E-state index is 0.402. The van der Waals surface area contributed by atoms with Crippen LogP contribution in [-0.4, -0.2) is 24.1 Å². The molecule has 0 amide bonds. The Morgan fingerprint density at radius 3 is 2.60 bits per heavy atom. The van der Waals surface area contributed by atoms with Crippen molar-refractivity contribution in [2.24, 2.45) is 0 Å². The molecule has 0 bridgehead atoms. The van der Waals surface area contributed by atoms with Crippen molar-refractivity contribution in [1.82, 2.24) is 9.97 Å². The molecule has 2 aromatic heterocycles. The number of para-hydroxylation sites is 2. The van der Waals surface area contributed by atoms with E-state index in [4.69, 9.17) is 10.2 Å². The first kappa shape index (κ1) is 15.2. The van der Waals surface area contributed by atoms with Crippen LogP contribution in [0.3, 0.4) is 0 Å². The molecule has 2 aromatic carbocycles. The average Bonchev–Trinajstić information content (AvgIpc) is 3.06. The number of hydrogen-bond donors (Lipinski definition) is 1. The molecule has 0 fully saturated rings. The summed E-state index contributed by atoms with van der Waals surface area (Å²) in [6.07, 6.45) is 1.77. The van der Waals surface area contributed by atoms with E-state index < -0.39 is 0 Å². The fourth-order valence-corrected chi connectivity index (χ4v) is 2.76. The van der Waals surface area contributed by atoms with Crippen LogP contribution in [0.5, 0.6) is 0 Å². The summed E-state index contributed by atoms with van der Waals surface area (Å²) in [5.74, 6) is 0.885. The second kappa shape index (κ2) is 5.94. The van der Waals surface area contributed by atoms with Crippen molar-refractivity contribution in [3.63, 3.8) is 0 Å². The predicted molar refractivity (Wildman–Crippen MR) is 101 cm³/mol. The molecule has 2 N–H and O–H groups in total. The molecule has 0 atom stereocenters. The smallest absolute Gasteiger partial charge is 0.231 e. The van der Waals surface area contributed by atoms with Gasteiger partial charge in [0.05, 0.1) is 5.56 Å². The van der Waals surface area contributed by atoms with E-state index >= 15 is 0 Å². The lowest BCUT2D eigenvalue weighted by Crippen LogP contribution is -2.08. The van der Waals surface area contributed by atoms with Crippen molar-refractivity contribution in [3.05, 3.63) is 60.8 Å². The normalized spacial score (nSPS) is 11.0. The SMILES string of the molecule is CN(C)c1cccc(-c2cnc(N)c(-c3nc4ccccc4o3)c2)c1. The summed E-state index contributed by atoms with van der Waals surface area (Å²) in [4.78, 5) is 10.9. The number of anilines is 2. The molecule has 4 aromatic rings. The minimum absolute atomic E-state index is 0.402. The third-order valence-corrected chi connectivity index (χ3v) is 4.14. The summed E-state index contributed by atoms with van der Waals surface area (Å²) in [6, 6.07) is 17.9. The number of nitrogen functional groups attached to an aromatic ring is 1. The first-order valence-corrected chi connectivity index (χ1v) is 8.01. The summed E-state index contributed by atoms with van der Waals surface area (Å²) < 4.78 is 5.85. The average molecular weight is 330 g/mol. The van der Waals surface area contributed by atoms with Crippen LogP contribution in [0.4, 0.5) is 11.5 Å². The van der Waals surface area contributed by atoms with Crippen LogP contribution in [0.1, 0.15) is 0 Å². The second-order valence-corrected chi connectivity index (χ2v) is 6.09. The number of hydrogen-bond acceptors (Lipinski definition) is 5. The van der Waals surface area contributed by atoms with Crippen LogP contribution in [0.15, 0.2) is 65.2 Å². The first-order valence-electron chi connectivity index (χ1n) is 8.01. The van der Waals surface area contributed by atoms with Gasteiger partial charge in [0.2, 0.25) is 5.89 Å². The van der Waals surface area contributed by atoms with E-state index in [1.165, 1.54) is 0 Å². The Hall–Kier alpha value is -3.34. The van der Waals surface area contributed by atoms with E-state index in [1.807, 2.05) is 50.5 Å². The first-order chi connectivity index (χ1) is 12.1. The van der Waals surface area contributed by atoms with Gasteiger partial charge >= 0.3 is 0 Å². The fourth-order valence-electron chi connectivity index (χ4n) is 2.76. The zero-order valence-corrected chi connectivity index (χ0v) is 14.1. The quantitative estimate of drug-likeness (QED) is 0.609. The second-order valence-electron chi connectivity index (χ2n) is 6.09. The monoisotopic (exact) mass is 330 g/mol. The molecule has 0 unspecified atom stereocenters. The summed E-state index contributed by atoms with van der Waals surface area (Å²) in [5, 5.41) is 0. The van der Waals surface area contributed by atoms with Crippen molar-refractivity contribution >= 4 is 22.6 Å². The summed E-state index contributed by atoms with van der Waals surface area (Å²) in [6.45, 7) is 0. The van der Waals surface area contributed by atoms with Crippen molar-refractivity contribution in [2.75, 3.05) is 24.7 Å². The summed E-state index contributed by atoms with van der Waals surface area (Å²) >= 11 is 0. The molecule has 25 heavy (non-hydrogen) atoms. The van der Waals surface area contributed by atoms with Crippen LogP contribution >= 0.6 is 0 Å². The van der Waals surface area contributed by atoms with Crippen LogP contribution in [0.25, 0.3) is 33.7 Å². The van der Waals surface area contributed by atoms with Crippen molar-refractivity contribution < 1.29 is 4.42 Å². The van der Waals surface area contributed by atoms with Crippen LogP contribution in [0, 0.1) is 0 Å². The lowest BCUT2D eigenvalue weighted by atomic mass is 10.0. The van der Waals surface area contributed by atoms with E-state index in [0.29, 0.717) is 17.3 Å². The number of benzene rings is 2. The van der Waals surface area contributed by atoms with Gasteiger partial charge in [-0.3, -0.25) is 0 Å². The Morgan fingerprint density at radius 1 is 0.960 bits per heavy atom. The van der Waals surface area contributed by atoms with Gasteiger partial charge in [-0.05, 0) is 35.9 Å². The maximum atomic E-state index is 6.08. The predicted octanol–water partition coefficient (Wildman–Crippen LogP) is 4.21. The highest BCUT2D eigenvalue weighted by Crippen LogP contribution is 2.32. The van der Waals surface area contributed by atoms with Crippen LogP contribution < -0.4 is 10.6 Å². The number of fused-ring (bicyclic) bond motifs is 1. The standard InChI is InChI=1S/C20H18N4O/c1-24(2)15-7-5-6-13(10-15)14-11-16(19(21)22-12-14)20-23-17-8-3-4-9-18(17)25-20/h3-12H,1-2H3,(H2,21,22). The summed E-state index contributed by atoms with van der Waals surface area (Å²) in [7, 11) is 4.04. The van der Waals surface area contributed by atoms with Gasteiger partial charge in [0.25, 0.3) is 0 Å². The molecule has 5 heteroatoms. The van der Waals surface area contributed by atoms with E-state index in [1.54, 1.807) is 6.20 Å². The molecule has 0 aliphatic heterocycles. The Labute approximate surface area is 145 Å². The van der Waals surface area contributed by atoms with Gasteiger partial charge in [0.1, 0.15) is 11.3 Å². The highest BCUT2D eigenvalue weighted by Gasteiger charge is 2.13. The highest BCUT2D eigenvalue weighted by molar-refractivity contribution is 5.81. The third-order valence-electron chi connectivity index (χ3n) is 4.14. The lowest BCUT2D eigenvalue weighted by molar-refractivity contribution is 0.620. The molecule has 2 heterocycles. The van der Waals surface area contributed by atoms with Gasteiger partial charge in [-0.1, -0.05) is 24.3 Å². The zero-order valence-electron chi connectivity index (χ0n) is 14.1. The van der Waals surface area contributed by atoms with Gasteiger partial charge in [-0.25, -0.2) is 9.97 Å². The fraction of sp³-hybridized carbons (Fsp3) is 0.100. The molecule has 0 radical (unpaired) electrons. The molecule has 0 saturated heterocycles. The van der Waals surface area contributed by atoms with Gasteiger partial charge in [-0.15, -0.1) is 0 Å². The Kier molecular flexibility index (Phi) is 3.61. The number of nitrogens with two attached hydrogens (primary N) is 1. The summed E-state index contributed by atoms with van der Waals surface area (Å²) in [5.41, 5.74) is 11.5. The van der Waals surface area contributed by atoms with Crippen LogP contribution in [-0.2, 0) is 0 Å². The number of nitrogens with zero attached hydrogens (tertiary/aromatic N) is 3. The number of aromatic nitrogens is 2. The highest BCUT2D eigenvalue weighted by atomic mass is 16.3. The van der Waals surface area contributed by atoms with Gasteiger partial charge in [0.15, 0.2) is 5.58 Å². The molecule has 0 aliphatic carbocycles. The maximum Gasteiger partial charge on any atom is 0.231 e. The molecule has 4 rings (SSSR count). The number of rotatable bonds is 3. The van der Waals surface area contributed by atoms with Crippen molar-refractivity contribution in [2.45, 2.75) is 0 Å². The molecule has 0 aliphatic rings. The maximum absolute atomic E-state index is 6.08. The van der Waals surface area contributed by atoms with E-state index in [-0.39, 0.29) is 0 Å². The van der Waals surface area contributed by atoms with Gasteiger partial charge in [0, 0.05) is 31.5 Å². The minimum Gasteiger partial charge on any atom is -0.436 e. The zero-order chi connectivity index (χ0) is 17.4. The number of pyridine rings is 1. The molecular formula is C20H18N4O. The van der Waals surface area contributed by atoms with Gasteiger partial charge in [-0.2, -0.15) is 0 Å². The van der Waals surface area contributed by atoms with Crippen molar-refractivity contribution in [3.8, 4) is 22.6 Å². The van der Waals surface area contributed by atoms with E-state index in [9.17, 15) is 0 Å². The molecule has 124 valence electrons. The van der Waals surface area contributed by atoms with Crippen LogP contribution in [0.2, 0.25) is 0 Å². The molecular weight excluding hydrogens is 312 g/mol. The topological polar surface area (TPSA) is 68.2 Å². The molecule has 5 nitrogen and oxygen atoms in total. The molecule has 0 spiro atoms. The Bertz CT molecular complexity index is 1020. The Morgan fingerprint density at radius 2 is 1.80 bits per heavy atom. The Balaban J connectivity index is 1.82.